The van der Waals surface area contributed by atoms with Crippen LogP contribution in [0.1, 0.15) is 18.1 Å². The van der Waals surface area contributed by atoms with Gasteiger partial charge in [0.25, 0.3) is 0 Å². The maximum absolute atomic E-state index is 3.46. The summed E-state index contributed by atoms with van der Waals surface area (Å²) in [7, 11) is 0. The van der Waals surface area contributed by atoms with Gasteiger partial charge in [-0.2, -0.15) is 0 Å². The molecule has 11 heavy (non-hydrogen) atoms. The molecule has 0 heterocycles. The van der Waals surface area contributed by atoms with Crippen molar-refractivity contribution < 1.29 is 0 Å². The van der Waals surface area contributed by atoms with E-state index in [1.54, 1.807) is 0 Å². The molecule has 0 fully saturated rings. The van der Waals surface area contributed by atoms with E-state index in [4.69, 9.17) is 0 Å². The second kappa shape index (κ2) is 2.49. The summed E-state index contributed by atoms with van der Waals surface area (Å²) < 4.78 is 1.18. The van der Waals surface area contributed by atoms with E-state index in [0.717, 1.165) is 6.42 Å². The summed E-state index contributed by atoms with van der Waals surface area (Å²) in [6.07, 6.45) is 3.37. The first-order chi connectivity index (χ1) is 5.25. The monoisotopic (exact) mass is 208 g/mol. The Morgan fingerprint density at radius 2 is 2.18 bits per heavy atom. The van der Waals surface area contributed by atoms with Gasteiger partial charge in [-0.3, -0.25) is 0 Å². The molecule has 1 aromatic carbocycles. The molecule has 2 rings (SSSR count). The van der Waals surface area contributed by atoms with Gasteiger partial charge in [0.15, 0.2) is 0 Å². The van der Waals surface area contributed by atoms with Crippen LogP contribution in [0.3, 0.4) is 0 Å². The van der Waals surface area contributed by atoms with Crippen LogP contribution in [-0.4, -0.2) is 0 Å². The number of benzene rings is 1. The van der Waals surface area contributed by atoms with Crippen LogP contribution in [0.5, 0.6) is 0 Å². The molecule has 0 aliphatic heterocycles. The summed E-state index contributed by atoms with van der Waals surface area (Å²) in [5.74, 6) is 0. The minimum absolute atomic E-state index is 1.12. The largest absolute Gasteiger partial charge is 0.0683 e. The first-order valence-corrected chi connectivity index (χ1v) is 4.50. The average molecular weight is 209 g/mol. The molecule has 0 unspecified atom stereocenters. The Hall–Kier alpha value is -0.560. The van der Waals surface area contributed by atoms with Crippen molar-refractivity contribution in [3.8, 4) is 0 Å². The number of fused-ring (bicyclic) bond motifs is 1. The molecule has 0 N–H and O–H groups in total. The second-order valence-corrected chi connectivity index (χ2v) is 3.93. The minimum Gasteiger partial charge on any atom is -0.0683 e. The molecule has 0 nitrogen and oxygen atoms in total. The van der Waals surface area contributed by atoms with E-state index in [-0.39, 0.29) is 0 Å². The van der Waals surface area contributed by atoms with Crippen molar-refractivity contribution in [2.75, 3.05) is 0 Å². The highest BCUT2D eigenvalue weighted by Gasteiger charge is 2.08. The predicted molar refractivity (Wildman–Crippen MR) is 51.5 cm³/mol. The van der Waals surface area contributed by atoms with Crippen LogP contribution in [0.2, 0.25) is 0 Å². The van der Waals surface area contributed by atoms with Crippen molar-refractivity contribution >= 4 is 22.0 Å². The maximum atomic E-state index is 3.46. The highest BCUT2D eigenvalue weighted by Crippen LogP contribution is 2.26. The second-order valence-electron chi connectivity index (χ2n) is 3.01. The van der Waals surface area contributed by atoms with Gasteiger partial charge in [-0.15, -0.1) is 0 Å². The highest BCUT2D eigenvalue weighted by molar-refractivity contribution is 9.10. The molecule has 0 bridgehead atoms. The van der Waals surface area contributed by atoms with E-state index in [0.29, 0.717) is 0 Å². The maximum Gasteiger partial charge on any atom is 0.0178 e. The molecule has 0 spiro atoms. The van der Waals surface area contributed by atoms with Gasteiger partial charge in [-0.05, 0) is 36.6 Å². The lowest BCUT2D eigenvalue weighted by Gasteiger charge is -1.97. The summed E-state index contributed by atoms with van der Waals surface area (Å²) in [4.78, 5) is 0. The SMILES string of the molecule is CC1=Cc2ccc(Br)cc2C1. The molecule has 0 saturated carbocycles. The van der Waals surface area contributed by atoms with E-state index in [2.05, 4.69) is 47.1 Å². The Labute approximate surface area is 75.1 Å². The Kier molecular flexibility index (Phi) is 1.61. The van der Waals surface area contributed by atoms with Crippen LogP contribution in [0.25, 0.3) is 6.08 Å². The third-order valence-corrected chi connectivity index (χ3v) is 2.47. The summed E-state index contributed by atoms with van der Waals surface area (Å²) in [6, 6.07) is 6.45. The summed E-state index contributed by atoms with van der Waals surface area (Å²) in [6.45, 7) is 2.17. The lowest BCUT2D eigenvalue weighted by molar-refractivity contribution is 1.19. The zero-order valence-electron chi connectivity index (χ0n) is 6.39. The molecule has 1 aromatic rings. The minimum atomic E-state index is 1.12. The Morgan fingerprint density at radius 1 is 1.36 bits per heavy atom. The zero-order valence-corrected chi connectivity index (χ0v) is 7.98. The third-order valence-electron chi connectivity index (χ3n) is 1.98. The quantitative estimate of drug-likeness (QED) is 0.614. The molecule has 56 valence electrons. The van der Waals surface area contributed by atoms with Crippen molar-refractivity contribution in [1.82, 2.24) is 0 Å². The van der Waals surface area contributed by atoms with Gasteiger partial charge in [-0.25, -0.2) is 0 Å². The molecule has 1 aliphatic carbocycles. The van der Waals surface area contributed by atoms with Crippen molar-refractivity contribution in [3.05, 3.63) is 39.4 Å². The normalized spacial score (nSPS) is 14.5. The van der Waals surface area contributed by atoms with Gasteiger partial charge in [-0.1, -0.05) is 33.6 Å². The molecule has 0 radical (unpaired) electrons. The zero-order chi connectivity index (χ0) is 7.84. The van der Waals surface area contributed by atoms with Crippen LogP contribution < -0.4 is 0 Å². The Balaban J connectivity index is 2.52. The van der Waals surface area contributed by atoms with Crippen LogP contribution >= 0.6 is 15.9 Å². The molecule has 0 amide bonds. The molecule has 0 saturated heterocycles. The topological polar surface area (TPSA) is 0 Å². The van der Waals surface area contributed by atoms with Gasteiger partial charge in [0.2, 0.25) is 0 Å². The smallest absolute Gasteiger partial charge is 0.0178 e. The lowest BCUT2D eigenvalue weighted by atomic mass is 10.1. The number of hydrogen-bond acceptors (Lipinski definition) is 0. The standard InChI is InChI=1S/C10H9Br/c1-7-4-8-2-3-10(11)6-9(8)5-7/h2-4,6H,5H2,1H3. The summed E-state index contributed by atoms with van der Waals surface area (Å²) in [5.41, 5.74) is 4.28. The molecule has 0 aromatic heterocycles. The van der Waals surface area contributed by atoms with E-state index < -0.39 is 0 Å². The fourth-order valence-corrected chi connectivity index (χ4v) is 1.89. The molecule has 1 aliphatic rings. The van der Waals surface area contributed by atoms with Crippen LogP contribution in [-0.2, 0) is 6.42 Å². The lowest BCUT2D eigenvalue weighted by Crippen LogP contribution is -1.81. The average Bonchev–Trinajstić information content (AvgIpc) is 2.27. The number of halogens is 1. The van der Waals surface area contributed by atoms with E-state index in [9.17, 15) is 0 Å². The fraction of sp³-hybridized carbons (Fsp3) is 0.200. The van der Waals surface area contributed by atoms with Gasteiger partial charge in [0, 0.05) is 4.47 Å². The van der Waals surface area contributed by atoms with Crippen molar-refractivity contribution in [2.24, 2.45) is 0 Å². The van der Waals surface area contributed by atoms with E-state index >= 15 is 0 Å². The summed E-state index contributed by atoms with van der Waals surface area (Å²) in [5, 5.41) is 0. The third kappa shape index (κ3) is 1.25. The first-order valence-electron chi connectivity index (χ1n) is 3.71. The fourth-order valence-electron chi connectivity index (χ4n) is 1.49. The number of allylic oxidation sites excluding steroid dienone is 1. The first kappa shape index (κ1) is 7.11. The van der Waals surface area contributed by atoms with Crippen molar-refractivity contribution in [1.29, 1.82) is 0 Å². The Morgan fingerprint density at radius 3 is 3.00 bits per heavy atom. The van der Waals surface area contributed by atoms with E-state index in [1.807, 2.05) is 0 Å². The Bertz CT molecular complexity index is 324. The van der Waals surface area contributed by atoms with Crippen molar-refractivity contribution in [2.45, 2.75) is 13.3 Å². The van der Waals surface area contributed by atoms with Crippen LogP contribution in [0.15, 0.2) is 28.2 Å². The highest BCUT2D eigenvalue weighted by atomic mass is 79.9. The van der Waals surface area contributed by atoms with Gasteiger partial charge >= 0.3 is 0 Å². The molecular formula is C10H9Br. The number of hydrogen-bond donors (Lipinski definition) is 0. The van der Waals surface area contributed by atoms with Crippen LogP contribution in [0, 0.1) is 0 Å². The number of rotatable bonds is 0. The van der Waals surface area contributed by atoms with E-state index in [1.165, 1.54) is 21.2 Å². The predicted octanol–water partition coefficient (Wildman–Crippen LogP) is 3.41. The van der Waals surface area contributed by atoms with Gasteiger partial charge in [0.1, 0.15) is 0 Å². The molecule has 0 atom stereocenters. The van der Waals surface area contributed by atoms with Crippen molar-refractivity contribution in [3.63, 3.8) is 0 Å². The molecular weight excluding hydrogens is 200 g/mol. The molecule has 1 heteroatoms. The van der Waals surface area contributed by atoms with Crippen LogP contribution in [0.4, 0.5) is 0 Å². The summed E-state index contributed by atoms with van der Waals surface area (Å²) >= 11 is 3.46. The van der Waals surface area contributed by atoms with Gasteiger partial charge in [0.05, 0.1) is 0 Å². The van der Waals surface area contributed by atoms with Gasteiger partial charge < -0.3 is 0 Å².